The average Bonchev–Trinajstić information content (AvgIpc) is 2.66. The molecule has 1 aromatic heterocycles. The van der Waals surface area contributed by atoms with Crippen LogP contribution in [0.3, 0.4) is 0 Å². The number of anilines is 1. The molecule has 27 heavy (non-hydrogen) atoms. The third-order valence-electron chi connectivity index (χ3n) is 3.25. The van der Waals surface area contributed by atoms with Gasteiger partial charge in [0.1, 0.15) is 11.4 Å². The first-order valence-electron chi connectivity index (χ1n) is 7.34. The van der Waals surface area contributed by atoms with Crippen LogP contribution < -0.4 is 14.8 Å². The largest absolute Gasteiger partial charge is 0.493 e. The molecule has 2 aromatic rings. The molecule has 0 unspecified atom stereocenters. The van der Waals surface area contributed by atoms with Gasteiger partial charge in [0.15, 0.2) is 18.1 Å². The summed E-state index contributed by atoms with van der Waals surface area (Å²) >= 11 is 5.69. The summed E-state index contributed by atoms with van der Waals surface area (Å²) in [6.45, 7) is -0.672. The van der Waals surface area contributed by atoms with E-state index in [1.807, 2.05) is 0 Å². The molecule has 0 aliphatic rings. The fraction of sp³-hybridized carbons (Fsp3) is 0.188. The number of esters is 1. The highest BCUT2D eigenvalue weighted by atomic mass is 35.5. The van der Waals surface area contributed by atoms with Crippen molar-refractivity contribution < 1.29 is 28.7 Å². The predicted octanol–water partition coefficient (Wildman–Crippen LogP) is 2.46. The molecule has 0 spiro atoms. The summed E-state index contributed by atoms with van der Waals surface area (Å²) in [7, 11) is 2.61. The second kappa shape index (κ2) is 8.81. The first-order chi connectivity index (χ1) is 12.8. The Hall–Kier alpha value is -3.40. The van der Waals surface area contributed by atoms with Crippen molar-refractivity contribution in [1.82, 2.24) is 4.98 Å². The quantitative estimate of drug-likeness (QED) is 0.429. The molecule has 1 aromatic carbocycles. The molecule has 0 saturated heterocycles. The van der Waals surface area contributed by atoms with E-state index in [0.29, 0.717) is 5.02 Å². The van der Waals surface area contributed by atoms with Crippen molar-refractivity contribution in [2.45, 2.75) is 0 Å². The van der Waals surface area contributed by atoms with Crippen molar-refractivity contribution in [3.63, 3.8) is 0 Å². The number of ether oxygens (including phenoxy) is 3. The molecule has 0 saturated carbocycles. The van der Waals surface area contributed by atoms with E-state index < -0.39 is 29.1 Å². The second-order valence-electron chi connectivity index (χ2n) is 4.97. The van der Waals surface area contributed by atoms with Crippen LogP contribution >= 0.6 is 11.6 Å². The summed E-state index contributed by atoms with van der Waals surface area (Å²) in [5.41, 5.74) is -0.924. The highest BCUT2D eigenvalue weighted by molar-refractivity contribution is 6.30. The van der Waals surface area contributed by atoms with Gasteiger partial charge >= 0.3 is 5.97 Å². The Kier molecular flexibility index (Phi) is 6.50. The minimum Gasteiger partial charge on any atom is -0.493 e. The maximum absolute atomic E-state index is 12.2. The molecule has 142 valence electrons. The van der Waals surface area contributed by atoms with Crippen LogP contribution in [0, 0.1) is 10.1 Å². The minimum absolute atomic E-state index is 0.0762. The summed E-state index contributed by atoms with van der Waals surface area (Å²) in [6, 6.07) is 5.12. The minimum atomic E-state index is -1.07. The Morgan fingerprint density at radius 3 is 2.44 bits per heavy atom. The smallest absolute Gasteiger partial charge is 0.345 e. The zero-order chi connectivity index (χ0) is 20.0. The van der Waals surface area contributed by atoms with Gasteiger partial charge in [-0.1, -0.05) is 11.6 Å². The van der Waals surface area contributed by atoms with Crippen LogP contribution in [0.25, 0.3) is 0 Å². The first-order valence-corrected chi connectivity index (χ1v) is 7.72. The zero-order valence-corrected chi connectivity index (χ0v) is 15.0. The average molecular weight is 396 g/mol. The number of nitrogens with zero attached hydrogens (tertiary/aromatic N) is 2. The van der Waals surface area contributed by atoms with Crippen LogP contribution in [-0.2, 0) is 9.53 Å². The molecule has 2 rings (SSSR count). The number of pyridine rings is 1. The summed E-state index contributed by atoms with van der Waals surface area (Å²) in [4.78, 5) is 38.3. The Labute approximate surface area is 158 Å². The number of hydrogen-bond acceptors (Lipinski definition) is 8. The van der Waals surface area contributed by atoms with E-state index in [9.17, 15) is 19.7 Å². The molecule has 1 amide bonds. The summed E-state index contributed by atoms with van der Waals surface area (Å²) in [5, 5.41) is 14.0. The maximum atomic E-state index is 12.2. The van der Waals surface area contributed by atoms with E-state index in [1.54, 1.807) is 0 Å². The molecule has 0 atom stereocenters. The van der Waals surface area contributed by atoms with Crippen LogP contribution in [0.4, 0.5) is 11.5 Å². The molecular weight excluding hydrogens is 382 g/mol. The van der Waals surface area contributed by atoms with Gasteiger partial charge in [0.25, 0.3) is 11.6 Å². The number of amides is 1. The molecular formula is C16H14ClN3O7. The molecule has 10 nitrogen and oxygen atoms in total. The summed E-state index contributed by atoms with van der Waals surface area (Å²) in [5.74, 6) is -1.36. The Morgan fingerprint density at radius 1 is 1.22 bits per heavy atom. The van der Waals surface area contributed by atoms with Gasteiger partial charge in [-0.25, -0.2) is 9.78 Å². The van der Waals surface area contributed by atoms with Gasteiger partial charge in [0, 0.05) is 12.3 Å². The van der Waals surface area contributed by atoms with Gasteiger partial charge in [-0.05, 0) is 12.1 Å². The lowest BCUT2D eigenvalue weighted by atomic mass is 10.1. The SMILES string of the molecule is COc1cc(C(=O)OCC(=O)Nc2ccc(Cl)cn2)c([N+](=O)[O-])cc1OC. The molecule has 0 aliphatic heterocycles. The number of benzene rings is 1. The Bertz CT molecular complexity index is 871. The number of rotatable bonds is 7. The highest BCUT2D eigenvalue weighted by Gasteiger charge is 2.26. The lowest BCUT2D eigenvalue weighted by molar-refractivity contribution is -0.385. The number of aromatic nitrogens is 1. The van der Waals surface area contributed by atoms with E-state index in [0.717, 1.165) is 12.1 Å². The lowest BCUT2D eigenvalue weighted by Gasteiger charge is -2.10. The number of carbonyl (C=O) groups excluding carboxylic acids is 2. The number of halogens is 1. The molecule has 0 bridgehead atoms. The number of nitro groups is 1. The van der Waals surface area contributed by atoms with E-state index in [1.165, 1.54) is 32.5 Å². The molecule has 0 radical (unpaired) electrons. The topological polar surface area (TPSA) is 130 Å². The molecule has 0 aliphatic carbocycles. The van der Waals surface area contributed by atoms with Crippen LogP contribution in [-0.4, -0.2) is 42.6 Å². The second-order valence-corrected chi connectivity index (χ2v) is 5.40. The first kappa shape index (κ1) is 19.9. The van der Waals surface area contributed by atoms with Crippen molar-refractivity contribution >= 4 is 35.0 Å². The van der Waals surface area contributed by atoms with E-state index in [2.05, 4.69) is 10.3 Å². The Balaban J connectivity index is 2.11. The van der Waals surface area contributed by atoms with Crippen LogP contribution in [0.5, 0.6) is 11.5 Å². The van der Waals surface area contributed by atoms with Gasteiger partial charge in [0.05, 0.1) is 30.2 Å². The molecule has 1 heterocycles. The third kappa shape index (κ3) is 5.05. The molecule has 11 heteroatoms. The van der Waals surface area contributed by atoms with Gasteiger partial charge < -0.3 is 19.5 Å². The van der Waals surface area contributed by atoms with Crippen LogP contribution in [0.2, 0.25) is 5.02 Å². The van der Waals surface area contributed by atoms with Crippen molar-refractivity contribution in [2.24, 2.45) is 0 Å². The number of carbonyl (C=O) groups is 2. The summed E-state index contributed by atoms with van der Waals surface area (Å²) < 4.78 is 14.8. The monoisotopic (exact) mass is 395 g/mol. The number of hydrogen-bond donors (Lipinski definition) is 1. The maximum Gasteiger partial charge on any atom is 0.345 e. The fourth-order valence-electron chi connectivity index (χ4n) is 2.02. The normalized spacial score (nSPS) is 10.0. The van der Waals surface area contributed by atoms with Crippen molar-refractivity contribution in [2.75, 3.05) is 26.1 Å². The highest BCUT2D eigenvalue weighted by Crippen LogP contribution is 2.34. The summed E-state index contributed by atoms with van der Waals surface area (Å²) in [6.07, 6.45) is 1.33. The van der Waals surface area contributed by atoms with Crippen LogP contribution in [0.1, 0.15) is 10.4 Å². The Morgan fingerprint density at radius 2 is 1.89 bits per heavy atom. The van der Waals surface area contributed by atoms with Gasteiger partial charge in [-0.3, -0.25) is 14.9 Å². The van der Waals surface area contributed by atoms with Gasteiger partial charge in [-0.2, -0.15) is 0 Å². The van der Waals surface area contributed by atoms with Crippen molar-refractivity contribution in [1.29, 1.82) is 0 Å². The van der Waals surface area contributed by atoms with E-state index in [-0.39, 0.29) is 22.9 Å². The van der Waals surface area contributed by atoms with E-state index in [4.69, 9.17) is 25.8 Å². The molecule has 0 fully saturated rings. The fourth-order valence-corrected chi connectivity index (χ4v) is 2.13. The third-order valence-corrected chi connectivity index (χ3v) is 3.47. The lowest BCUT2D eigenvalue weighted by Crippen LogP contribution is -2.21. The number of nitrogens with one attached hydrogen (secondary N) is 1. The van der Waals surface area contributed by atoms with E-state index >= 15 is 0 Å². The van der Waals surface area contributed by atoms with Gasteiger partial charge in [-0.15, -0.1) is 0 Å². The predicted molar refractivity (Wildman–Crippen MR) is 94.4 cm³/mol. The zero-order valence-electron chi connectivity index (χ0n) is 14.2. The van der Waals surface area contributed by atoms with Crippen molar-refractivity contribution in [3.8, 4) is 11.5 Å². The van der Waals surface area contributed by atoms with Crippen molar-refractivity contribution in [3.05, 3.63) is 51.2 Å². The van der Waals surface area contributed by atoms with Gasteiger partial charge in [0.2, 0.25) is 0 Å². The molecule has 1 N–H and O–H groups in total. The van der Waals surface area contributed by atoms with Crippen LogP contribution in [0.15, 0.2) is 30.5 Å². The standard InChI is InChI=1S/C16H14ClN3O7/c1-25-12-5-10(11(20(23)24)6-13(12)26-2)16(22)27-8-15(21)19-14-4-3-9(17)7-18-14/h3-7H,8H2,1-2H3,(H,18,19,21). The number of nitro benzene ring substituents is 1. The number of methoxy groups -OCH3 is 2.